The van der Waals surface area contributed by atoms with Gasteiger partial charge in [-0.05, 0) is 36.1 Å². The molecular weight excluding hydrogens is 426 g/mol. The van der Waals surface area contributed by atoms with Crippen LogP contribution in [0.4, 0.5) is 0 Å². The highest BCUT2D eigenvalue weighted by Crippen LogP contribution is 2.12. The number of amides is 1. The molecule has 0 bridgehead atoms. The van der Waals surface area contributed by atoms with Crippen LogP contribution in [0, 0.1) is 0 Å². The van der Waals surface area contributed by atoms with Gasteiger partial charge in [0.2, 0.25) is 5.91 Å². The Morgan fingerprint density at radius 1 is 1.06 bits per heavy atom. The third-order valence-corrected chi connectivity index (χ3v) is 5.46. The van der Waals surface area contributed by atoms with Crippen molar-refractivity contribution in [2.45, 2.75) is 32.4 Å². The molecule has 0 spiro atoms. The summed E-state index contributed by atoms with van der Waals surface area (Å²) in [4.78, 5) is 29.3. The van der Waals surface area contributed by atoms with Crippen molar-refractivity contribution in [1.82, 2.24) is 24.6 Å². The second kappa shape index (κ2) is 10.2. The molecule has 8 heteroatoms. The number of nitrogens with zero attached hydrogens (tertiary/aromatic N) is 4. The van der Waals surface area contributed by atoms with Gasteiger partial charge in [0.15, 0.2) is 5.65 Å². The average Bonchev–Trinajstić information content (AvgIpc) is 3.20. The van der Waals surface area contributed by atoms with E-state index in [0.29, 0.717) is 42.1 Å². The summed E-state index contributed by atoms with van der Waals surface area (Å²) in [6.07, 6.45) is 5.20. The second-order valence-electron chi connectivity index (χ2n) is 7.60. The fourth-order valence-electron chi connectivity index (χ4n) is 3.59. The van der Waals surface area contributed by atoms with Gasteiger partial charge in [0, 0.05) is 18.0 Å². The zero-order chi connectivity index (χ0) is 22.3. The molecule has 164 valence electrons. The van der Waals surface area contributed by atoms with Gasteiger partial charge in [0.1, 0.15) is 11.7 Å². The summed E-state index contributed by atoms with van der Waals surface area (Å²) in [6.45, 7) is 1.25. The second-order valence-corrected chi connectivity index (χ2v) is 8.04. The largest absolute Gasteiger partial charge is 0.354 e. The van der Waals surface area contributed by atoms with Crippen molar-refractivity contribution < 1.29 is 4.79 Å². The molecule has 0 saturated heterocycles. The van der Waals surface area contributed by atoms with Crippen LogP contribution in [0.1, 0.15) is 24.0 Å². The van der Waals surface area contributed by atoms with Crippen LogP contribution in [-0.2, 0) is 24.3 Å². The quantitative estimate of drug-likeness (QED) is 0.424. The fraction of sp³-hybridized carbons (Fsp3) is 0.250. The lowest BCUT2D eigenvalue weighted by atomic mass is 10.1. The molecule has 0 aliphatic carbocycles. The molecule has 0 aliphatic rings. The van der Waals surface area contributed by atoms with Crippen molar-refractivity contribution in [2.75, 3.05) is 6.54 Å². The van der Waals surface area contributed by atoms with Crippen LogP contribution < -0.4 is 10.9 Å². The molecule has 2 heterocycles. The molecule has 0 fully saturated rings. The number of rotatable bonds is 9. The minimum atomic E-state index is -0.161. The average molecular weight is 450 g/mol. The molecule has 4 rings (SSSR count). The minimum absolute atomic E-state index is 0.00855. The van der Waals surface area contributed by atoms with Crippen molar-refractivity contribution in [3.63, 3.8) is 0 Å². The van der Waals surface area contributed by atoms with Crippen LogP contribution in [-0.4, -0.2) is 31.8 Å². The van der Waals surface area contributed by atoms with Gasteiger partial charge < -0.3 is 5.32 Å². The SMILES string of the molecule is O=C(CCCc1ccccc1)NCCn1ncc2c(=O)n(Cc3cccc(Cl)c3)cnc21. The number of hydrogen-bond acceptors (Lipinski definition) is 4. The molecule has 0 saturated carbocycles. The van der Waals surface area contributed by atoms with Gasteiger partial charge in [-0.1, -0.05) is 54.1 Å². The maximum absolute atomic E-state index is 12.8. The number of fused-ring (bicyclic) bond motifs is 1. The van der Waals surface area contributed by atoms with E-state index in [1.165, 1.54) is 22.7 Å². The normalized spacial score (nSPS) is 11.0. The first-order valence-electron chi connectivity index (χ1n) is 10.6. The van der Waals surface area contributed by atoms with Crippen molar-refractivity contribution in [2.24, 2.45) is 0 Å². The monoisotopic (exact) mass is 449 g/mol. The summed E-state index contributed by atoms with van der Waals surface area (Å²) in [5, 5.41) is 8.27. The van der Waals surface area contributed by atoms with E-state index < -0.39 is 0 Å². The summed E-state index contributed by atoms with van der Waals surface area (Å²) in [6, 6.07) is 17.5. The molecule has 4 aromatic rings. The zero-order valence-corrected chi connectivity index (χ0v) is 18.3. The molecule has 0 unspecified atom stereocenters. The maximum atomic E-state index is 12.8. The standard InChI is InChI=1S/C24H24ClN5O2/c25-20-10-4-9-19(14-20)16-29-17-27-23-21(24(29)32)15-28-30(23)13-12-26-22(31)11-5-8-18-6-2-1-3-7-18/h1-4,6-7,9-10,14-15,17H,5,8,11-13,16H2,(H,26,31). The van der Waals surface area contributed by atoms with Crippen LogP contribution in [0.2, 0.25) is 5.02 Å². The van der Waals surface area contributed by atoms with Crippen molar-refractivity contribution in [3.8, 4) is 0 Å². The maximum Gasteiger partial charge on any atom is 0.264 e. The number of aromatic nitrogens is 4. The van der Waals surface area contributed by atoms with E-state index in [1.807, 2.05) is 36.4 Å². The molecule has 2 aromatic heterocycles. The number of nitrogens with one attached hydrogen (secondary N) is 1. The number of halogens is 1. The summed E-state index contributed by atoms with van der Waals surface area (Å²) < 4.78 is 3.18. The highest BCUT2D eigenvalue weighted by atomic mass is 35.5. The van der Waals surface area contributed by atoms with E-state index >= 15 is 0 Å². The molecule has 1 N–H and O–H groups in total. The molecule has 0 aliphatic heterocycles. The van der Waals surface area contributed by atoms with Crippen LogP contribution in [0.15, 0.2) is 71.9 Å². The summed E-state index contributed by atoms with van der Waals surface area (Å²) in [5.41, 5.74) is 2.50. The Morgan fingerprint density at radius 3 is 2.69 bits per heavy atom. The van der Waals surface area contributed by atoms with Crippen molar-refractivity contribution >= 4 is 28.5 Å². The smallest absolute Gasteiger partial charge is 0.264 e. The Kier molecular flexibility index (Phi) is 6.97. The third-order valence-electron chi connectivity index (χ3n) is 5.22. The Morgan fingerprint density at radius 2 is 1.88 bits per heavy atom. The van der Waals surface area contributed by atoms with E-state index in [9.17, 15) is 9.59 Å². The number of carbonyl (C=O) groups excluding carboxylic acids is 1. The van der Waals surface area contributed by atoms with Gasteiger partial charge in [-0.25, -0.2) is 9.67 Å². The van der Waals surface area contributed by atoms with Crippen molar-refractivity contribution in [3.05, 3.63) is 93.6 Å². The minimum Gasteiger partial charge on any atom is -0.354 e. The van der Waals surface area contributed by atoms with Gasteiger partial charge in [-0.15, -0.1) is 0 Å². The third kappa shape index (κ3) is 5.42. The van der Waals surface area contributed by atoms with Gasteiger partial charge in [-0.2, -0.15) is 5.10 Å². The van der Waals surface area contributed by atoms with E-state index in [0.717, 1.165) is 18.4 Å². The molecule has 32 heavy (non-hydrogen) atoms. The summed E-state index contributed by atoms with van der Waals surface area (Å²) in [7, 11) is 0. The van der Waals surface area contributed by atoms with Gasteiger partial charge in [0.05, 0.1) is 19.3 Å². The lowest BCUT2D eigenvalue weighted by Gasteiger charge is -2.08. The van der Waals surface area contributed by atoms with E-state index in [1.54, 1.807) is 10.7 Å². The van der Waals surface area contributed by atoms with Crippen LogP contribution >= 0.6 is 11.6 Å². The number of hydrogen-bond donors (Lipinski definition) is 1. The van der Waals surface area contributed by atoms with Crippen molar-refractivity contribution in [1.29, 1.82) is 0 Å². The van der Waals surface area contributed by atoms with E-state index in [4.69, 9.17) is 11.6 Å². The highest BCUT2D eigenvalue weighted by molar-refractivity contribution is 6.30. The highest BCUT2D eigenvalue weighted by Gasteiger charge is 2.11. The van der Waals surface area contributed by atoms with Crippen LogP contribution in [0.5, 0.6) is 0 Å². The molecule has 2 aromatic carbocycles. The topological polar surface area (TPSA) is 81.8 Å². The Hall–Kier alpha value is -3.45. The summed E-state index contributed by atoms with van der Waals surface area (Å²) in [5.74, 6) is 0.00855. The molecule has 0 radical (unpaired) electrons. The first-order chi connectivity index (χ1) is 15.6. The Bertz CT molecular complexity index is 1270. The summed E-state index contributed by atoms with van der Waals surface area (Å²) >= 11 is 6.03. The fourth-order valence-corrected chi connectivity index (χ4v) is 3.81. The predicted molar refractivity (Wildman–Crippen MR) is 125 cm³/mol. The zero-order valence-electron chi connectivity index (χ0n) is 17.6. The van der Waals surface area contributed by atoms with E-state index in [-0.39, 0.29) is 11.5 Å². The Balaban J connectivity index is 1.31. The molecule has 7 nitrogen and oxygen atoms in total. The van der Waals surface area contributed by atoms with Crippen LogP contribution in [0.25, 0.3) is 11.0 Å². The first-order valence-corrected chi connectivity index (χ1v) is 10.9. The van der Waals surface area contributed by atoms with Gasteiger partial charge in [0.25, 0.3) is 5.56 Å². The molecule has 0 atom stereocenters. The Labute approximate surface area is 190 Å². The molecular formula is C24H24ClN5O2. The lowest BCUT2D eigenvalue weighted by molar-refractivity contribution is -0.121. The van der Waals surface area contributed by atoms with Crippen LogP contribution in [0.3, 0.4) is 0 Å². The predicted octanol–water partition coefficient (Wildman–Crippen LogP) is 3.43. The number of aryl methyl sites for hydroxylation is 1. The number of carbonyl (C=O) groups is 1. The first kappa shape index (κ1) is 21.8. The number of benzene rings is 2. The van der Waals surface area contributed by atoms with Gasteiger partial charge in [-0.3, -0.25) is 14.2 Å². The van der Waals surface area contributed by atoms with E-state index in [2.05, 4.69) is 27.5 Å². The molecule has 1 amide bonds. The lowest BCUT2D eigenvalue weighted by Crippen LogP contribution is -2.27. The van der Waals surface area contributed by atoms with Gasteiger partial charge >= 0.3 is 0 Å².